The Labute approximate surface area is 161 Å². The number of amides is 2. The van der Waals surface area contributed by atoms with Crippen molar-refractivity contribution in [3.8, 4) is 5.75 Å². The molecule has 0 spiro atoms. The average molecular weight is 374 g/mol. The Kier molecular flexibility index (Phi) is 6.58. The maximum absolute atomic E-state index is 12.9. The van der Waals surface area contributed by atoms with Crippen molar-refractivity contribution in [1.29, 1.82) is 0 Å². The van der Waals surface area contributed by atoms with Gasteiger partial charge in [-0.1, -0.05) is 13.0 Å². The predicted molar refractivity (Wildman–Crippen MR) is 103 cm³/mol. The number of aryl methyl sites for hydroxylation is 2. The molecule has 0 saturated carbocycles. The molecule has 1 heterocycles. The fourth-order valence-corrected chi connectivity index (χ4v) is 3.78. The number of carbonyl (C=O) groups excluding carboxylic acids is 2. The molecule has 1 aliphatic carbocycles. The van der Waals surface area contributed by atoms with Gasteiger partial charge in [-0.15, -0.1) is 0 Å². The van der Waals surface area contributed by atoms with Crippen LogP contribution < -0.4 is 4.74 Å². The summed E-state index contributed by atoms with van der Waals surface area (Å²) in [5, 5.41) is 0. The van der Waals surface area contributed by atoms with Gasteiger partial charge in [0.25, 0.3) is 5.91 Å². The SMILES string of the molecule is CCOC(=O)N1CCN(C(=O)[C@@H](CC)Oc2ccc3c(c2)CCCC3)CC1. The van der Waals surface area contributed by atoms with Gasteiger partial charge in [-0.25, -0.2) is 4.79 Å². The molecule has 1 atom stereocenters. The Bertz CT molecular complexity index is 668. The topological polar surface area (TPSA) is 59.1 Å². The van der Waals surface area contributed by atoms with Gasteiger partial charge in [0.15, 0.2) is 6.10 Å². The highest BCUT2D eigenvalue weighted by molar-refractivity contribution is 5.81. The first-order chi connectivity index (χ1) is 13.1. The van der Waals surface area contributed by atoms with Crippen molar-refractivity contribution in [3.05, 3.63) is 29.3 Å². The van der Waals surface area contributed by atoms with E-state index < -0.39 is 6.10 Å². The van der Waals surface area contributed by atoms with Gasteiger partial charge in [-0.3, -0.25) is 4.79 Å². The van der Waals surface area contributed by atoms with Gasteiger partial charge in [0.05, 0.1) is 6.61 Å². The first-order valence-electron chi connectivity index (χ1n) is 10.1. The lowest BCUT2D eigenvalue weighted by Crippen LogP contribution is -2.53. The van der Waals surface area contributed by atoms with Crippen LogP contribution in [0.5, 0.6) is 5.75 Å². The van der Waals surface area contributed by atoms with Crippen LogP contribution in [0.2, 0.25) is 0 Å². The molecule has 1 aromatic rings. The van der Waals surface area contributed by atoms with E-state index in [1.165, 1.54) is 24.0 Å². The van der Waals surface area contributed by atoms with Crippen LogP contribution in [0.1, 0.15) is 44.2 Å². The molecule has 1 fully saturated rings. The van der Waals surface area contributed by atoms with Gasteiger partial charge in [0.2, 0.25) is 0 Å². The number of fused-ring (bicyclic) bond motifs is 1. The molecule has 148 valence electrons. The summed E-state index contributed by atoms with van der Waals surface area (Å²) >= 11 is 0. The minimum Gasteiger partial charge on any atom is -0.481 e. The third kappa shape index (κ3) is 4.73. The van der Waals surface area contributed by atoms with Crippen LogP contribution in [0.25, 0.3) is 0 Å². The van der Waals surface area contributed by atoms with Crippen molar-refractivity contribution in [3.63, 3.8) is 0 Å². The Morgan fingerprint density at radius 1 is 1.00 bits per heavy atom. The second-order valence-corrected chi connectivity index (χ2v) is 7.16. The molecule has 6 heteroatoms. The number of piperazine rings is 1. The largest absolute Gasteiger partial charge is 0.481 e. The fraction of sp³-hybridized carbons (Fsp3) is 0.619. The molecule has 2 amide bonds. The highest BCUT2D eigenvalue weighted by Crippen LogP contribution is 2.26. The number of hydrogen-bond donors (Lipinski definition) is 0. The summed E-state index contributed by atoms with van der Waals surface area (Å²) in [5.74, 6) is 0.778. The molecule has 0 bridgehead atoms. The van der Waals surface area contributed by atoms with Gasteiger partial charge in [-0.05, 0) is 62.3 Å². The molecule has 0 N–H and O–H groups in total. The summed E-state index contributed by atoms with van der Waals surface area (Å²) in [7, 11) is 0. The number of hydrogen-bond acceptors (Lipinski definition) is 4. The summed E-state index contributed by atoms with van der Waals surface area (Å²) in [6.07, 6.45) is 4.53. The van der Waals surface area contributed by atoms with Crippen LogP contribution in [0.4, 0.5) is 4.79 Å². The lowest BCUT2D eigenvalue weighted by molar-refractivity contribution is -0.140. The molecule has 1 saturated heterocycles. The summed E-state index contributed by atoms with van der Waals surface area (Å²) in [6.45, 7) is 6.16. The van der Waals surface area contributed by atoms with Crippen LogP contribution in [0.15, 0.2) is 18.2 Å². The van der Waals surface area contributed by atoms with Crippen LogP contribution >= 0.6 is 0 Å². The quantitative estimate of drug-likeness (QED) is 0.795. The Morgan fingerprint density at radius 3 is 2.33 bits per heavy atom. The highest BCUT2D eigenvalue weighted by Gasteiger charge is 2.29. The lowest BCUT2D eigenvalue weighted by Gasteiger charge is -2.35. The normalized spacial score (nSPS) is 17.9. The molecule has 3 rings (SSSR count). The zero-order chi connectivity index (χ0) is 19.2. The first kappa shape index (κ1) is 19.5. The van der Waals surface area contributed by atoms with Crippen LogP contribution in [0.3, 0.4) is 0 Å². The molecular formula is C21H30N2O4. The summed E-state index contributed by atoms with van der Waals surface area (Å²) < 4.78 is 11.1. The van der Waals surface area contributed by atoms with Gasteiger partial charge >= 0.3 is 6.09 Å². The van der Waals surface area contributed by atoms with E-state index in [4.69, 9.17) is 9.47 Å². The number of carbonyl (C=O) groups is 2. The zero-order valence-corrected chi connectivity index (χ0v) is 16.4. The summed E-state index contributed by atoms with van der Waals surface area (Å²) in [4.78, 5) is 28.1. The van der Waals surface area contributed by atoms with E-state index in [1.54, 1.807) is 16.7 Å². The molecule has 6 nitrogen and oxygen atoms in total. The van der Waals surface area contributed by atoms with E-state index in [-0.39, 0.29) is 12.0 Å². The average Bonchev–Trinajstić information content (AvgIpc) is 2.71. The number of benzene rings is 1. The molecule has 0 aromatic heterocycles. The monoisotopic (exact) mass is 374 g/mol. The third-order valence-electron chi connectivity index (χ3n) is 5.36. The molecule has 2 aliphatic rings. The van der Waals surface area contributed by atoms with Gasteiger partial charge < -0.3 is 19.3 Å². The molecule has 27 heavy (non-hydrogen) atoms. The van der Waals surface area contributed by atoms with Crippen LogP contribution in [-0.4, -0.2) is 60.7 Å². The van der Waals surface area contributed by atoms with Crippen molar-refractivity contribution in [1.82, 2.24) is 9.80 Å². The van der Waals surface area contributed by atoms with Crippen molar-refractivity contribution in [2.45, 2.75) is 52.1 Å². The van der Waals surface area contributed by atoms with E-state index in [0.717, 1.165) is 18.6 Å². The van der Waals surface area contributed by atoms with Crippen molar-refractivity contribution in [2.24, 2.45) is 0 Å². The standard InChI is InChI=1S/C21H30N2O4/c1-3-19(27-18-10-9-16-7-5-6-8-17(16)15-18)20(24)22-11-13-23(14-12-22)21(25)26-4-2/h9-10,15,19H,3-8,11-14H2,1-2H3/t19-/m1/s1. The van der Waals surface area contributed by atoms with E-state index in [1.807, 2.05) is 13.0 Å². The first-order valence-corrected chi connectivity index (χ1v) is 10.1. The van der Waals surface area contributed by atoms with E-state index in [2.05, 4.69) is 12.1 Å². The Morgan fingerprint density at radius 2 is 1.67 bits per heavy atom. The molecule has 0 unspecified atom stereocenters. The summed E-state index contributed by atoms with van der Waals surface area (Å²) in [6, 6.07) is 6.22. The molecule has 1 aromatic carbocycles. The van der Waals surface area contributed by atoms with Gasteiger partial charge in [0, 0.05) is 26.2 Å². The molecular weight excluding hydrogens is 344 g/mol. The smallest absolute Gasteiger partial charge is 0.409 e. The van der Waals surface area contributed by atoms with Crippen molar-refractivity contribution in [2.75, 3.05) is 32.8 Å². The van der Waals surface area contributed by atoms with Crippen LogP contribution in [-0.2, 0) is 22.4 Å². The fourth-order valence-electron chi connectivity index (χ4n) is 3.78. The second-order valence-electron chi connectivity index (χ2n) is 7.16. The maximum atomic E-state index is 12.9. The van der Waals surface area contributed by atoms with Gasteiger partial charge in [0.1, 0.15) is 5.75 Å². The zero-order valence-electron chi connectivity index (χ0n) is 16.4. The van der Waals surface area contributed by atoms with E-state index in [0.29, 0.717) is 39.2 Å². The van der Waals surface area contributed by atoms with Crippen molar-refractivity contribution < 1.29 is 19.1 Å². The predicted octanol–water partition coefficient (Wildman–Crippen LogP) is 3.02. The minimum absolute atomic E-state index is 0.00118. The second kappa shape index (κ2) is 9.11. The number of ether oxygens (including phenoxy) is 2. The minimum atomic E-state index is -0.485. The molecule has 1 aliphatic heterocycles. The van der Waals surface area contributed by atoms with Gasteiger partial charge in [-0.2, -0.15) is 0 Å². The lowest BCUT2D eigenvalue weighted by atomic mass is 9.92. The highest BCUT2D eigenvalue weighted by atomic mass is 16.6. The van der Waals surface area contributed by atoms with E-state index in [9.17, 15) is 9.59 Å². The van der Waals surface area contributed by atoms with E-state index >= 15 is 0 Å². The summed E-state index contributed by atoms with van der Waals surface area (Å²) in [5.41, 5.74) is 2.76. The van der Waals surface area contributed by atoms with Crippen molar-refractivity contribution >= 4 is 12.0 Å². The number of nitrogens with zero attached hydrogens (tertiary/aromatic N) is 2. The molecule has 0 radical (unpaired) electrons. The Hall–Kier alpha value is -2.24. The maximum Gasteiger partial charge on any atom is 0.409 e. The third-order valence-corrected chi connectivity index (χ3v) is 5.36. The van der Waals surface area contributed by atoms with Crippen LogP contribution in [0, 0.1) is 0 Å². The Balaban J connectivity index is 1.57. The number of rotatable bonds is 5.